The second-order valence-electron chi connectivity index (χ2n) is 4.76. The van der Waals surface area contributed by atoms with Crippen LogP contribution in [0.4, 0.5) is 0 Å². The molecule has 2 aromatic rings. The Morgan fingerprint density at radius 3 is 2.33 bits per heavy atom. The van der Waals surface area contributed by atoms with Crippen LogP contribution in [0, 0.1) is 13.8 Å². The minimum Gasteiger partial charge on any atom is -0.497 e. The molecule has 0 aliphatic heterocycles. The maximum atomic E-state index is 12.6. The molecule has 0 saturated carbocycles. The number of aryl methyl sites for hydroxylation is 2. The van der Waals surface area contributed by atoms with E-state index in [1.54, 1.807) is 33.1 Å². The number of benzene rings is 1. The molecule has 114 valence electrons. The summed E-state index contributed by atoms with van der Waals surface area (Å²) in [5, 5.41) is 3.70. The Morgan fingerprint density at radius 2 is 1.86 bits per heavy atom. The van der Waals surface area contributed by atoms with Crippen LogP contribution < -0.4 is 4.74 Å². The summed E-state index contributed by atoms with van der Waals surface area (Å²) < 4.78 is 36.4. The van der Waals surface area contributed by atoms with Crippen LogP contribution in [0.2, 0.25) is 0 Å². The van der Waals surface area contributed by atoms with E-state index < -0.39 is 10.0 Å². The molecule has 0 spiro atoms. The molecule has 0 fully saturated rings. The smallest absolute Gasteiger partial charge is 0.248 e. The molecule has 0 radical (unpaired) electrons. The lowest BCUT2D eigenvalue weighted by Crippen LogP contribution is -2.27. The van der Waals surface area contributed by atoms with Crippen molar-refractivity contribution in [2.24, 2.45) is 0 Å². The molecule has 0 saturated heterocycles. The Bertz CT molecular complexity index is 700. The number of nitrogens with zero attached hydrogens (tertiary/aromatic N) is 2. The molecular weight excluding hydrogens is 292 g/mol. The zero-order valence-corrected chi connectivity index (χ0v) is 13.3. The molecular formula is C14H18N2O4S. The van der Waals surface area contributed by atoms with Gasteiger partial charge in [-0.25, -0.2) is 8.42 Å². The standard InChI is InChI=1S/C14H18N2O4S/c1-10-14(11(2)20-15-10)21(17,18)16(3)9-12-5-7-13(19-4)8-6-12/h5-8H,9H2,1-4H3. The highest BCUT2D eigenvalue weighted by Crippen LogP contribution is 2.23. The minimum absolute atomic E-state index is 0.138. The van der Waals surface area contributed by atoms with Crippen molar-refractivity contribution in [3.63, 3.8) is 0 Å². The van der Waals surface area contributed by atoms with E-state index in [-0.39, 0.29) is 11.4 Å². The third-order valence-electron chi connectivity index (χ3n) is 3.20. The van der Waals surface area contributed by atoms with Gasteiger partial charge in [-0.15, -0.1) is 0 Å². The van der Waals surface area contributed by atoms with Gasteiger partial charge in [0.1, 0.15) is 16.3 Å². The van der Waals surface area contributed by atoms with E-state index in [4.69, 9.17) is 9.26 Å². The highest BCUT2D eigenvalue weighted by atomic mass is 32.2. The first-order valence-electron chi connectivity index (χ1n) is 6.38. The topological polar surface area (TPSA) is 72.6 Å². The second kappa shape index (κ2) is 5.87. The van der Waals surface area contributed by atoms with E-state index in [1.807, 2.05) is 12.1 Å². The maximum absolute atomic E-state index is 12.6. The second-order valence-corrected chi connectivity index (χ2v) is 6.74. The van der Waals surface area contributed by atoms with Crippen molar-refractivity contribution in [2.75, 3.05) is 14.2 Å². The summed E-state index contributed by atoms with van der Waals surface area (Å²) >= 11 is 0. The van der Waals surface area contributed by atoms with Crippen LogP contribution in [0.5, 0.6) is 5.75 Å². The van der Waals surface area contributed by atoms with E-state index in [9.17, 15) is 8.42 Å². The van der Waals surface area contributed by atoms with Gasteiger partial charge in [-0.2, -0.15) is 4.31 Å². The van der Waals surface area contributed by atoms with Crippen LogP contribution in [0.1, 0.15) is 17.0 Å². The van der Waals surface area contributed by atoms with E-state index >= 15 is 0 Å². The van der Waals surface area contributed by atoms with E-state index in [0.29, 0.717) is 11.5 Å². The van der Waals surface area contributed by atoms with Gasteiger partial charge in [0.05, 0.1) is 7.11 Å². The summed E-state index contributed by atoms with van der Waals surface area (Å²) in [6, 6.07) is 7.26. The van der Waals surface area contributed by atoms with Crippen molar-refractivity contribution < 1.29 is 17.7 Å². The molecule has 1 heterocycles. The number of hydrogen-bond donors (Lipinski definition) is 0. The highest BCUT2D eigenvalue weighted by Gasteiger charge is 2.28. The van der Waals surface area contributed by atoms with Crippen LogP contribution in [0.15, 0.2) is 33.7 Å². The van der Waals surface area contributed by atoms with Gasteiger partial charge in [0.15, 0.2) is 5.76 Å². The monoisotopic (exact) mass is 310 g/mol. The number of ether oxygens (including phenoxy) is 1. The first-order chi connectivity index (χ1) is 9.86. The number of methoxy groups -OCH3 is 1. The molecule has 0 unspecified atom stereocenters. The predicted molar refractivity (Wildman–Crippen MR) is 77.6 cm³/mol. The molecule has 0 aliphatic rings. The fourth-order valence-electron chi connectivity index (χ4n) is 2.07. The summed E-state index contributed by atoms with van der Waals surface area (Å²) in [6.45, 7) is 3.47. The van der Waals surface area contributed by atoms with E-state index in [2.05, 4.69) is 5.16 Å². The van der Waals surface area contributed by atoms with Crippen molar-refractivity contribution in [3.8, 4) is 5.75 Å². The summed E-state index contributed by atoms with van der Waals surface area (Å²) in [5.74, 6) is 1.03. The van der Waals surface area contributed by atoms with Crippen molar-refractivity contribution in [1.82, 2.24) is 9.46 Å². The van der Waals surface area contributed by atoms with Gasteiger partial charge in [0, 0.05) is 13.6 Å². The fourth-order valence-corrected chi connectivity index (χ4v) is 3.51. The maximum Gasteiger partial charge on any atom is 0.248 e. The predicted octanol–water partition coefficient (Wildman–Crippen LogP) is 2.12. The minimum atomic E-state index is -3.63. The first-order valence-corrected chi connectivity index (χ1v) is 7.82. The number of sulfonamides is 1. The number of hydrogen-bond acceptors (Lipinski definition) is 5. The van der Waals surface area contributed by atoms with Crippen molar-refractivity contribution >= 4 is 10.0 Å². The molecule has 21 heavy (non-hydrogen) atoms. The quantitative estimate of drug-likeness (QED) is 0.846. The Morgan fingerprint density at radius 1 is 1.24 bits per heavy atom. The van der Waals surface area contributed by atoms with Gasteiger partial charge < -0.3 is 9.26 Å². The van der Waals surface area contributed by atoms with Crippen LogP contribution in [0.25, 0.3) is 0 Å². The average molecular weight is 310 g/mol. The summed E-state index contributed by atoms with van der Waals surface area (Å²) in [5.41, 5.74) is 1.24. The highest BCUT2D eigenvalue weighted by molar-refractivity contribution is 7.89. The van der Waals surface area contributed by atoms with Gasteiger partial charge in [-0.3, -0.25) is 0 Å². The molecule has 0 N–H and O–H groups in total. The molecule has 7 heteroatoms. The van der Waals surface area contributed by atoms with Crippen LogP contribution in [-0.2, 0) is 16.6 Å². The van der Waals surface area contributed by atoms with Gasteiger partial charge >= 0.3 is 0 Å². The zero-order chi connectivity index (χ0) is 15.6. The molecule has 1 aromatic heterocycles. The lowest BCUT2D eigenvalue weighted by atomic mass is 10.2. The summed E-state index contributed by atoms with van der Waals surface area (Å²) in [6.07, 6.45) is 0. The summed E-state index contributed by atoms with van der Waals surface area (Å²) in [4.78, 5) is 0.138. The lowest BCUT2D eigenvalue weighted by Gasteiger charge is -2.17. The molecule has 0 bridgehead atoms. The third kappa shape index (κ3) is 3.08. The molecule has 1 aromatic carbocycles. The van der Waals surface area contributed by atoms with E-state index in [0.717, 1.165) is 11.3 Å². The Kier molecular flexibility index (Phi) is 4.34. The number of rotatable bonds is 5. The van der Waals surface area contributed by atoms with Gasteiger partial charge in [-0.1, -0.05) is 17.3 Å². The largest absolute Gasteiger partial charge is 0.497 e. The summed E-state index contributed by atoms with van der Waals surface area (Å²) in [7, 11) is -0.506. The Hall–Kier alpha value is -1.86. The van der Waals surface area contributed by atoms with Crippen LogP contribution >= 0.6 is 0 Å². The SMILES string of the molecule is COc1ccc(CN(C)S(=O)(=O)c2c(C)noc2C)cc1. The number of aromatic nitrogens is 1. The molecule has 6 nitrogen and oxygen atoms in total. The van der Waals surface area contributed by atoms with Crippen LogP contribution in [-0.4, -0.2) is 32.0 Å². The Balaban J connectivity index is 2.24. The fraction of sp³-hybridized carbons (Fsp3) is 0.357. The van der Waals surface area contributed by atoms with Gasteiger partial charge in [0.2, 0.25) is 10.0 Å². The van der Waals surface area contributed by atoms with Gasteiger partial charge in [0.25, 0.3) is 0 Å². The van der Waals surface area contributed by atoms with Gasteiger partial charge in [-0.05, 0) is 31.5 Å². The van der Waals surface area contributed by atoms with Crippen molar-refractivity contribution in [3.05, 3.63) is 41.3 Å². The normalized spacial score (nSPS) is 11.9. The zero-order valence-electron chi connectivity index (χ0n) is 12.5. The van der Waals surface area contributed by atoms with Crippen molar-refractivity contribution in [1.29, 1.82) is 0 Å². The average Bonchev–Trinajstić information content (AvgIpc) is 2.79. The third-order valence-corrected chi connectivity index (χ3v) is 5.25. The lowest BCUT2D eigenvalue weighted by molar-refractivity contribution is 0.389. The molecule has 2 rings (SSSR count). The molecule has 0 aliphatic carbocycles. The Labute approximate surface area is 124 Å². The first kappa shape index (κ1) is 15.5. The van der Waals surface area contributed by atoms with Crippen molar-refractivity contribution in [2.45, 2.75) is 25.3 Å². The molecule has 0 amide bonds. The van der Waals surface area contributed by atoms with E-state index in [1.165, 1.54) is 11.4 Å². The van der Waals surface area contributed by atoms with Crippen LogP contribution in [0.3, 0.4) is 0 Å². The molecule has 0 atom stereocenters.